The molecule has 3 nitrogen and oxygen atoms in total. The van der Waals surface area contributed by atoms with Gasteiger partial charge >= 0.3 is 5.97 Å². The summed E-state index contributed by atoms with van der Waals surface area (Å²) in [7, 11) is 0. The number of fused-ring (bicyclic) bond motifs is 1. The molecule has 116 valence electrons. The first kappa shape index (κ1) is 15.4. The van der Waals surface area contributed by atoms with Crippen LogP contribution in [0.3, 0.4) is 0 Å². The quantitative estimate of drug-likeness (QED) is 0.768. The minimum Gasteiger partial charge on any atom is -0.465 e. The molecule has 0 amide bonds. The van der Waals surface area contributed by atoms with E-state index in [0.717, 1.165) is 29.8 Å². The molecule has 1 unspecified atom stereocenters. The van der Waals surface area contributed by atoms with Crippen molar-refractivity contribution in [1.82, 2.24) is 4.98 Å². The van der Waals surface area contributed by atoms with Gasteiger partial charge in [-0.1, -0.05) is 17.7 Å². The van der Waals surface area contributed by atoms with Crippen molar-refractivity contribution in [2.75, 3.05) is 6.61 Å². The number of esters is 1. The van der Waals surface area contributed by atoms with Crippen molar-refractivity contribution >= 4 is 28.9 Å². The maximum absolute atomic E-state index is 14.1. The topological polar surface area (TPSA) is 39.2 Å². The molecule has 3 rings (SSSR count). The number of carbonyl (C=O) groups excluding carboxylic acids is 1. The van der Waals surface area contributed by atoms with Gasteiger partial charge in [-0.05, 0) is 38.3 Å². The standard InChI is InChI=1S/C16H15ClFNO2S/c1-2-21-16(20)9-5-3-8-12-14(9)19-15(22-12)13-10(17)6-4-7-11(13)18/h4,6-7,9H,2-3,5,8H2,1H3. The summed E-state index contributed by atoms with van der Waals surface area (Å²) in [5.41, 5.74) is 1.04. The SMILES string of the molecule is CCOC(=O)C1CCCc2sc(-c3c(F)cccc3Cl)nc21. The number of hydrogen-bond acceptors (Lipinski definition) is 4. The minimum absolute atomic E-state index is 0.250. The molecule has 0 spiro atoms. The molecule has 6 heteroatoms. The molecule has 0 bridgehead atoms. The highest BCUT2D eigenvalue weighted by molar-refractivity contribution is 7.15. The fraction of sp³-hybridized carbons (Fsp3) is 0.375. The van der Waals surface area contributed by atoms with Gasteiger partial charge in [-0.3, -0.25) is 4.79 Å². The predicted octanol–water partition coefficient (Wildman–Crippen LogP) is 4.59. The van der Waals surface area contributed by atoms with E-state index in [1.54, 1.807) is 19.1 Å². The molecule has 1 aromatic heterocycles. The van der Waals surface area contributed by atoms with Crippen LogP contribution in [0, 0.1) is 5.82 Å². The first-order chi connectivity index (χ1) is 10.6. The maximum atomic E-state index is 14.1. The van der Waals surface area contributed by atoms with Crippen LogP contribution in [0.15, 0.2) is 18.2 Å². The highest BCUT2D eigenvalue weighted by Crippen LogP contribution is 2.41. The monoisotopic (exact) mass is 339 g/mol. The Kier molecular flexibility index (Phi) is 4.45. The number of thiazole rings is 1. The summed E-state index contributed by atoms with van der Waals surface area (Å²) in [5, 5.41) is 0.864. The third-order valence-corrected chi connectivity index (χ3v) is 5.17. The molecule has 0 fully saturated rings. The van der Waals surface area contributed by atoms with Crippen molar-refractivity contribution in [1.29, 1.82) is 0 Å². The zero-order valence-electron chi connectivity index (χ0n) is 12.1. The van der Waals surface area contributed by atoms with E-state index in [2.05, 4.69) is 4.98 Å². The number of ether oxygens (including phenoxy) is 1. The Bertz CT molecular complexity index is 696. The molecule has 1 aliphatic carbocycles. The number of carbonyl (C=O) groups is 1. The van der Waals surface area contributed by atoms with Crippen LogP contribution < -0.4 is 0 Å². The van der Waals surface area contributed by atoms with Crippen LogP contribution in [0.2, 0.25) is 5.02 Å². The van der Waals surface area contributed by atoms with E-state index in [4.69, 9.17) is 16.3 Å². The van der Waals surface area contributed by atoms with Crippen molar-refractivity contribution in [2.45, 2.75) is 32.1 Å². The van der Waals surface area contributed by atoms with Crippen molar-refractivity contribution in [3.63, 3.8) is 0 Å². The smallest absolute Gasteiger partial charge is 0.315 e. The average molecular weight is 340 g/mol. The molecule has 0 aliphatic heterocycles. The van der Waals surface area contributed by atoms with E-state index in [1.165, 1.54) is 17.4 Å². The molecule has 0 saturated carbocycles. The van der Waals surface area contributed by atoms with Gasteiger partial charge in [-0.15, -0.1) is 11.3 Å². The van der Waals surface area contributed by atoms with Crippen LogP contribution in [0.1, 0.15) is 36.3 Å². The highest BCUT2D eigenvalue weighted by Gasteiger charge is 2.32. The third kappa shape index (κ3) is 2.75. The second-order valence-corrected chi connectivity index (χ2v) is 6.61. The fourth-order valence-corrected chi connectivity index (χ4v) is 4.23. The zero-order valence-corrected chi connectivity index (χ0v) is 13.6. The number of nitrogens with zero attached hydrogens (tertiary/aromatic N) is 1. The Morgan fingerprint density at radius 1 is 1.55 bits per heavy atom. The molecular formula is C16H15ClFNO2S. The maximum Gasteiger partial charge on any atom is 0.315 e. The molecule has 1 heterocycles. The fourth-order valence-electron chi connectivity index (χ4n) is 2.70. The lowest BCUT2D eigenvalue weighted by Crippen LogP contribution is -2.20. The number of aromatic nitrogens is 1. The number of rotatable bonds is 3. The Labute approximate surface area is 137 Å². The molecule has 1 atom stereocenters. The average Bonchev–Trinajstić information content (AvgIpc) is 2.90. The molecule has 2 aromatic rings. The van der Waals surface area contributed by atoms with Crippen molar-refractivity contribution in [3.05, 3.63) is 39.6 Å². The second-order valence-electron chi connectivity index (χ2n) is 5.12. The number of halogens is 2. The first-order valence-corrected chi connectivity index (χ1v) is 8.42. The number of benzene rings is 1. The van der Waals surface area contributed by atoms with Gasteiger partial charge in [0.25, 0.3) is 0 Å². The Morgan fingerprint density at radius 3 is 3.09 bits per heavy atom. The predicted molar refractivity (Wildman–Crippen MR) is 84.8 cm³/mol. The molecule has 0 saturated heterocycles. The lowest BCUT2D eigenvalue weighted by molar-refractivity contribution is -0.145. The van der Waals surface area contributed by atoms with Gasteiger partial charge in [-0.2, -0.15) is 0 Å². The summed E-state index contributed by atoms with van der Waals surface area (Å²) < 4.78 is 19.2. The van der Waals surface area contributed by atoms with Gasteiger partial charge in [-0.25, -0.2) is 9.37 Å². The van der Waals surface area contributed by atoms with Gasteiger partial charge in [0.15, 0.2) is 0 Å². The van der Waals surface area contributed by atoms with E-state index < -0.39 is 5.82 Å². The zero-order chi connectivity index (χ0) is 15.7. The lowest BCUT2D eigenvalue weighted by atomic mass is 9.91. The van der Waals surface area contributed by atoms with Crippen molar-refractivity contribution in [2.24, 2.45) is 0 Å². The summed E-state index contributed by atoms with van der Waals surface area (Å²) in [6, 6.07) is 4.57. The van der Waals surface area contributed by atoms with E-state index in [0.29, 0.717) is 22.2 Å². The van der Waals surface area contributed by atoms with Crippen molar-refractivity contribution in [3.8, 4) is 10.6 Å². The van der Waals surface area contributed by atoms with Gasteiger partial charge in [0, 0.05) is 4.88 Å². The van der Waals surface area contributed by atoms with E-state index in [-0.39, 0.29) is 11.9 Å². The molecule has 1 aliphatic rings. The van der Waals surface area contributed by atoms with Crippen LogP contribution >= 0.6 is 22.9 Å². The molecule has 1 aromatic carbocycles. The minimum atomic E-state index is -0.397. The van der Waals surface area contributed by atoms with Gasteiger partial charge in [0.2, 0.25) is 0 Å². The Hall–Kier alpha value is -1.46. The van der Waals surface area contributed by atoms with Crippen LogP contribution in [-0.2, 0) is 16.0 Å². The summed E-state index contributed by atoms with van der Waals surface area (Å²) in [6.45, 7) is 2.13. The third-order valence-electron chi connectivity index (χ3n) is 3.70. The van der Waals surface area contributed by atoms with E-state index in [9.17, 15) is 9.18 Å². The van der Waals surface area contributed by atoms with Gasteiger partial charge in [0.05, 0.1) is 22.9 Å². The van der Waals surface area contributed by atoms with Crippen LogP contribution in [0.5, 0.6) is 0 Å². The Morgan fingerprint density at radius 2 is 2.36 bits per heavy atom. The van der Waals surface area contributed by atoms with E-state index in [1.807, 2.05) is 0 Å². The second kappa shape index (κ2) is 6.34. The summed E-state index contributed by atoms with van der Waals surface area (Å²) in [6.07, 6.45) is 2.48. The van der Waals surface area contributed by atoms with E-state index >= 15 is 0 Å². The summed E-state index contributed by atoms with van der Waals surface area (Å²) in [5.74, 6) is -0.995. The largest absolute Gasteiger partial charge is 0.465 e. The highest BCUT2D eigenvalue weighted by atomic mass is 35.5. The van der Waals surface area contributed by atoms with Crippen LogP contribution in [0.4, 0.5) is 4.39 Å². The summed E-state index contributed by atoms with van der Waals surface area (Å²) >= 11 is 7.52. The van der Waals surface area contributed by atoms with Gasteiger partial charge in [0.1, 0.15) is 16.7 Å². The first-order valence-electron chi connectivity index (χ1n) is 7.22. The molecule has 0 N–H and O–H groups in total. The van der Waals surface area contributed by atoms with Crippen LogP contribution in [0.25, 0.3) is 10.6 Å². The molecular weight excluding hydrogens is 325 g/mol. The Balaban J connectivity index is 2.03. The number of hydrogen-bond donors (Lipinski definition) is 0. The van der Waals surface area contributed by atoms with Crippen molar-refractivity contribution < 1.29 is 13.9 Å². The molecule has 0 radical (unpaired) electrons. The lowest BCUT2D eigenvalue weighted by Gasteiger charge is -2.19. The summed E-state index contributed by atoms with van der Waals surface area (Å²) in [4.78, 5) is 17.6. The van der Waals surface area contributed by atoms with Gasteiger partial charge < -0.3 is 4.74 Å². The number of aryl methyl sites for hydroxylation is 1. The normalized spacial score (nSPS) is 17.1. The van der Waals surface area contributed by atoms with Crippen LogP contribution in [-0.4, -0.2) is 17.6 Å². The molecule has 22 heavy (non-hydrogen) atoms.